The van der Waals surface area contributed by atoms with E-state index in [0.717, 1.165) is 32.0 Å². The van der Waals surface area contributed by atoms with Crippen LogP contribution in [0.3, 0.4) is 0 Å². The first kappa shape index (κ1) is 9.92. The molecule has 1 aliphatic heterocycles. The molecule has 0 N–H and O–H groups in total. The Hall–Kier alpha value is -1.62. The topological polar surface area (TPSA) is 55.6 Å². The summed E-state index contributed by atoms with van der Waals surface area (Å²) in [5, 5.41) is 10.5. The normalized spacial score (nSPS) is 16.4. The van der Waals surface area contributed by atoms with Crippen LogP contribution in [0.1, 0.15) is 0 Å². The van der Waals surface area contributed by atoms with Gasteiger partial charge in [-0.1, -0.05) is 0 Å². The molecule has 0 spiro atoms. The van der Waals surface area contributed by atoms with Gasteiger partial charge in [-0.25, -0.2) is 0 Å². The average Bonchev–Trinajstić information content (AvgIpc) is 2.30. The van der Waals surface area contributed by atoms with E-state index in [1.165, 1.54) is 12.1 Å². The van der Waals surface area contributed by atoms with E-state index in [-0.39, 0.29) is 10.6 Å². The summed E-state index contributed by atoms with van der Waals surface area (Å²) in [7, 11) is 0. The van der Waals surface area contributed by atoms with Crippen LogP contribution in [0.2, 0.25) is 0 Å². The third-order valence-electron chi connectivity index (χ3n) is 2.44. The predicted octanol–water partition coefficient (Wildman–Crippen LogP) is 1.43. The molecule has 0 saturated carbocycles. The molecule has 5 nitrogen and oxygen atoms in total. The first-order chi connectivity index (χ1) is 7.27. The van der Waals surface area contributed by atoms with E-state index in [1.807, 2.05) is 0 Å². The van der Waals surface area contributed by atoms with E-state index < -0.39 is 0 Å². The zero-order chi connectivity index (χ0) is 10.7. The van der Waals surface area contributed by atoms with Crippen molar-refractivity contribution in [3.05, 3.63) is 34.4 Å². The van der Waals surface area contributed by atoms with Gasteiger partial charge >= 0.3 is 0 Å². The fourth-order valence-corrected chi connectivity index (χ4v) is 1.61. The van der Waals surface area contributed by atoms with Crippen molar-refractivity contribution in [1.82, 2.24) is 0 Å². The quantitative estimate of drug-likeness (QED) is 0.558. The number of nitro groups is 1. The number of nitro benzene ring substituents is 1. The van der Waals surface area contributed by atoms with Gasteiger partial charge in [0, 0.05) is 30.9 Å². The fourth-order valence-electron chi connectivity index (χ4n) is 1.61. The lowest BCUT2D eigenvalue weighted by atomic mass is 10.5. The second-order valence-electron chi connectivity index (χ2n) is 3.37. The Morgan fingerprint density at radius 2 is 1.80 bits per heavy atom. The zero-order valence-corrected chi connectivity index (χ0v) is 8.26. The number of morpholine rings is 1. The van der Waals surface area contributed by atoms with Gasteiger partial charge in [-0.15, -0.1) is 0 Å². The predicted molar refractivity (Wildman–Crippen MR) is 56.1 cm³/mol. The summed E-state index contributed by atoms with van der Waals surface area (Å²) < 4.78 is 5.23. The molecule has 1 aliphatic rings. The van der Waals surface area contributed by atoms with Gasteiger partial charge in [0.05, 0.1) is 18.1 Å². The first-order valence-electron chi connectivity index (χ1n) is 4.84. The molecule has 15 heavy (non-hydrogen) atoms. The summed E-state index contributed by atoms with van der Waals surface area (Å²) >= 11 is 0. The maximum atomic E-state index is 10.5. The van der Waals surface area contributed by atoms with Crippen LogP contribution < -0.4 is 4.90 Å². The van der Waals surface area contributed by atoms with Gasteiger partial charge in [0.25, 0.3) is 5.69 Å². The number of hydrogen-bond acceptors (Lipinski definition) is 4. The van der Waals surface area contributed by atoms with Crippen LogP contribution >= 0.6 is 0 Å². The third-order valence-corrected chi connectivity index (χ3v) is 2.44. The number of anilines is 1. The summed E-state index contributed by atoms with van der Waals surface area (Å²) in [6, 6.07) is 6.63. The van der Waals surface area contributed by atoms with Crippen LogP contribution in [0.4, 0.5) is 11.4 Å². The lowest BCUT2D eigenvalue weighted by Crippen LogP contribution is -2.36. The van der Waals surface area contributed by atoms with E-state index in [9.17, 15) is 10.1 Å². The molecule has 0 unspecified atom stereocenters. The van der Waals surface area contributed by atoms with Crippen molar-refractivity contribution < 1.29 is 9.66 Å². The van der Waals surface area contributed by atoms with Crippen molar-refractivity contribution in [2.24, 2.45) is 0 Å². The van der Waals surface area contributed by atoms with Crippen molar-refractivity contribution in [2.45, 2.75) is 0 Å². The molecule has 1 fully saturated rings. The molecule has 0 atom stereocenters. The lowest BCUT2D eigenvalue weighted by Gasteiger charge is -2.28. The molecule has 1 heterocycles. The van der Waals surface area contributed by atoms with Crippen molar-refractivity contribution in [3.63, 3.8) is 0 Å². The van der Waals surface area contributed by atoms with Crippen molar-refractivity contribution in [3.8, 4) is 0 Å². The number of non-ortho nitro benzene ring substituents is 1. The number of rotatable bonds is 2. The highest BCUT2D eigenvalue weighted by Crippen LogP contribution is 2.19. The van der Waals surface area contributed by atoms with Crippen LogP contribution in [-0.4, -0.2) is 31.2 Å². The van der Waals surface area contributed by atoms with Gasteiger partial charge in [0.2, 0.25) is 0 Å². The Labute approximate surface area is 87.4 Å². The Kier molecular flexibility index (Phi) is 2.82. The van der Waals surface area contributed by atoms with Gasteiger partial charge < -0.3 is 9.64 Å². The van der Waals surface area contributed by atoms with Gasteiger partial charge in [0.15, 0.2) is 0 Å². The average molecular weight is 220 g/mol. The van der Waals surface area contributed by atoms with Gasteiger partial charge in [0.1, 0.15) is 0 Å². The molecule has 1 aromatic rings. The fraction of sp³-hybridized carbons (Fsp3) is 0.400. The molecule has 0 amide bonds. The van der Waals surface area contributed by atoms with Crippen molar-refractivity contribution in [1.29, 1.82) is 0 Å². The monoisotopic (exact) mass is 220 g/mol. The maximum absolute atomic E-state index is 10.5. The standard InChI is InChI=1S/C10H12N2O3/c13-12(14)10-3-1-9(2-4-10)11-5-7-15-8-6-11/h1-4H,5-8H2/i1+2,2+2,3+2,4+2,9+2,10+2. The molecule has 0 aliphatic carbocycles. The molecule has 1 saturated heterocycles. The van der Waals surface area contributed by atoms with Crippen LogP contribution in [0, 0.1) is 10.1 Å². The molecular weight excluding hydrogens is 208 g/mol. The number of ether oxygens (including phenoxy) is 1. The number of benzene rings is 1. The Bertz CT molecular complexity index is 344. The molecule has 0 aromatic heterocycles. The summed E-state index contributed by atoms with van der Waals surface area (Å²) in [5.41, 5.74) is 1.15. The zero-order valence-electron chi connectivity index (χ0n) is 8.26. The third kappa shape index (κ3) is 2.24. The lowest BCUT2D eigenvalue weighted by molar-refractivity contribution is -0.384. The van der Waals surface area contributed by atoms with E-state index in [1.54, 1.807) is 12.1 Å². The minimum atomic E-state index is -0.386. The molecule has 2 rings (SSSR count). The summed E-state index contributed by atoms with van der Waals surface area (Å²) in [4.78, 5) is 12.2. The second-order valence-corrected chi connectivity index (χ2v) is 3.37. The highest BCUT2D eigenvalue weighted by molar-refractivity contribution is 5.51. The summed E-state index contributed by atoms with van der Waals surface area (Å²) in [6.07, 6.45) is 0. The summed E-state index contributed by atoms with van der Waals surface area (Å²) in [6.45, 7) is 3.13. The molecule has 0 bridgehead atoms. The molecule has 80 valence electrons. The van der Waals surface area contributed by atoms with E-state index >= 15 is 0 Å². The maximum Gasteiger partial charge on any atom is 0.269 e. The van der Waals surface area contributed by atoms with Crippen LogP contribution in [0.15, 0.2) is 24.3 Å². The Balaban J connectivity index is 2.11. The summed E-state index contributed by atoms with van der Waals surface area (Å²) in [5.74, 6) is 0. The van der Waals surface area contributed by atoms with E-state index in [2.05, 4.69) is 4.90 Å². The minimum Gasteiger partial charge on any atom is -0.378 e. The molecular formula is C10H12N2O3. The van der Waals surface area contributed by atoms with Gasteiger partial charge in [-0.3, -0.25) is 10.1 Å². The van der Waals surface area contributed by atoms with Crippen LogP contribution in [-0.2, 0) is 4.74 Å². The van der Waals surface area contributed by atoms with Crippen LogP contribution in [0.5, 0.6) is 0 Å². The number of nitrogens with zero attached hydrogens (tertiary/aromatic N) is 2. The number of hydrogen-bond donors (Lipinski definition) is 0. The molecule has 1 aromatic carbocycles. The smallest absolute Gasteiger partial charge is 0.269 e. The largest absolute Gasteiger partial charge is 0.378 e. The van der Waals surface area contributed by atoms with E-state index in [0.29, 0.717) is 0 Å². The Morgan fingerprint density at radius 3 is 2.33 bits per heavy atom. The van der Waals surface area contributed by atoms with Gasteiger partial charge in [-0.05, 0) is 12.1 Å². The molecule has 5 heteroatoms. The first-order valence-corrected chi connectivity index (χ1v) is 4.84. The van der Waals surface area contributed by atoms with Crippen LogP contribution in [0.25, 0.3) is 0 Å². The van der Waals surface area contributed by atoms with Crippen molar-refractivity contribution >= 4 is 11.4 Å². The highest BCUT2D eigenvalue weighted by atomic mass is 16.7. The van der Waals surface area contributed by atoms with Crippen molar-refractivity contribution in [2.75, 3.05) is 31.2 Å². The Morgan fingerprint density at radius 1 is 1.20 bits per heavy atom. The second kappa shape index (κ2) is 4.27. The SMILES string of the molecule is O=[N+]([O-])[14c]1[14cH][14cH][14c](N2CCOCC2)[14cH][14cH]1. The minimum absolute atomic E-state index is 0.131. The highest BCUT2D eigenvalue weighted by Gasteiger charge is 2.12. The molecule has 0 radical (unpaired) electrons. The van der Waals surface area contributed by atoms with E-state index in [4.69, 9.17) is 4.74 Å². The van der Waals surface area contributed by atoms with Gasteiger partial charge in [-0.2, -0.15) is 0 Å².